The lowest BCUT2D eigenvalue weighted by atomic mass is 10.0. The van der Waals surface area contributed by atoms with Crippen molar-refractivity contribution >= 4 is 17.0 Å². The summed E-state index contributed by atoms with van der Waals surface area (Å²) in [7, 11) is 0. The second kappa shape index (κ2) is 6.81. The molecule has 0 bridgehead atoms. The van der Waals surface area contributed by atoms with Crippen LogP contribution in [0.15, 0.2) is 65.3 Å². The van der Waals surface area contributed by atoms with Crippen molar-refractivity contribution in [1.82, 2.24) is 20.4 Å². The fraction of sp³-hybridized carbons (Fsp3) is 0.217. The second-order valence-corrected chi connectivity index (χ2v) is 7.55. The Morgan fingerprint density at radius 1 is 1.14 bits per heavy atom. The predicted octanol–water partition coefficient (Wildman–Crippen LogP) is 4.05. The highest BCUT2D eigenvalue weighted by Crippen LogP contribution is 2.46. The number of carbonyl (C=O) groups is 1. The minimum absolute atomic E-state index is 0.0605. The Morgan fingerprint density at radius 3 is 2.66 bits per heavy atom. The van der Waals surface area contributed by atoms with Crippen molar-refractivity contribution < 1.29 is 9.32 Å². The Balaban J connectivity index is 1.47. The van der Waals surface area contributed by atoms with E-state index in [9.17, 15) is 4.79 Å². The largest absolute Gasteiger partial charge is 0.351 e. The summed E-state index contributed by atoms with van der Waals surface area (Å²) in [5, 5.41) is 7.78. The maximum Gasteiger partial charge on any atom is 0.259 e. The smallest absolute Gasteiger partial charge is 0.259 e. The fourth-order valence-corrected chi connectivity index (χ4v) is 3.73. The van der Waals surface area contributed by atoms with E-state index in [0.29, 0.717) is 34.6 Å². The Labute approximate surface area is 168 Å². The third-order valence-electron chi connectivity index (χ3n) is 5.58. The standard InChI is InChI=1S/C23H20N4O2/c1-15-20-17(13-18(26-22(20)29-27-15)16-7-3-2-4-8-16)21(28)25-14-23(10-11-23)19-9-5-6-12-24-19/h2-9,12-13H,10-11,14H2,1H3,(H,25,28). The number of carbonyl (C=O) groups excluding carboxylic acids is 1. The summed E-state index contributed by atoms with van der Waals surface area (Å²) in [6.45, 7) is 2.38. The van der Waals surface area contributed by atoms with E-state index >= 15 is 0 Å². The monoisotopic (exact) mass is 384 g/mol. The maximum atomic E-state index is 13.2. The molecule has 0 radical (unpaired) electrons. The van der Waals surface area contributed by atoms with Crippen LogP contribution in [0.25, 0.3) is 22.4 Å². The van der Waals surface area contributed by atoms with Crippen molar-refractivity contribution in [2.75, 3.05) is 6.54 Å². The van der Waals surface area contributed by atoms with Gasteiger partial charge < -0.3 is 9.84 Å². The van der Waals surface area contributed by atoms with Crippen LogP contribution in [0.5, 0.6) is 0 Å². The molecule has 0 atom stereocenters. The molecule has 4 aromatic rings. The Hall–Kier alpha value is -3.54. The summed E-state index contributed by atoms with van der Waals surface area (Å²) in [6.07, 6.45) is 3.85. The van der Waals surface area contributed by atoms with Crippen molar-refractivity contribution in [3.63, 3.8) is 0 Å². The molecule has 1 aromatic carbocycles. The van der Waals surface area contributed by atoms with Crippen molar-refractivity contribution in [3.05, 3.63) is 77.7 Å². The van der Waals surface area contributed by atoms with Gasteiger partial charge in [-0.05, 0) is 38.0 Å². The molecule has 0 saturated heterocycles. The Bertz CT molecular complexity index is 1180. The summed E-state index contributed by atoms with van der Waals surface area (Å²) < 4.78 is 5.38. The third kappa shape index (κ3) is 3.16. The molecule has 1 fully saturated rings. The zero-order valence-electron chi connectivity index (χ0n) is 16.1. The van der Waals surface area contributed by atoms with Crippen molar-refractivity contribution in [2.45, 2.75) is 25.2 Å². The van der Waals surface area contributed by atoms with Gasteiger partial charge in [-0.25, -0.2) is 4.98 Å². The number of fused-ring (bicyclic) bond motifs is 1. The average molecular weight is 384 g/mol. The minimum Gasteiger partial charge on any atom is -0.351 e. The first kappa shape index (κ1) is 17.6. The van der Waals surface area contributed by atoms with Crippen LogP contribution in [0.3, 0.4) is 0 Å². The van der Waals surface area contributed by atoms with Gasteiger partial charge in [-0.2, -0.15) is 0 Å². The number of benzene rings is 1. The molecule has 29 heavy (non-hydrogen) atoms. The molecule has 1 aliphatic rings. The van der Waals surface area contributed by atoms with Crippen LogP contribution in [0.2, 0.25) is 0 Å². The summed E-state index contributed by atoms with van der Waals surface area (Å²) >= 11 is 0. The molecular formula is C23H20N4O2. The first-order valence-corrected chi connectivity index (χ1v) is 9.68. The van der Waals surface area contributed by atoms with Gasteiger partial charge in [0.1, 0.15) is 0 Å². The van der Waals surface area contributed by atoms with Crippen LogP contribution >= 0.6 is 0 Å². The van der Waals surface area contributed by atoms with E-state index in [2.05, 4.69) is 20.4 Å². The lowest BCUT2D eigenvalue weighted by Crippen LogP contribution is -2.32. The first-order valence-electron chi connectivity index (χ1n) is 9.68. The van der Waals surface area contributed by atoms with Crippen molar-refractivity contribution in [1.29, 1.82) is 0 Å². The van der Waals surface area contributed by atoms with Crippen LogP contribution in [-0.2, 0) is 5.41 Å². The molecule has 5 rings (SSSR count). The van der Waals surface area contributed by atoms with E-state index in [1.165, 1.54) is 0 Å². The van der Waals surface area contributed by atoms with Gasteiger partial charge in [0.05, 0.1) is 22.3 Å². The van der Waals surface area contributed by atoms with Gasteiger partial charge in [0.15, 0.2) is 0 Å². The van der Waals surface area contributed by atoms with E-state index in [0.717, 1.165) is 24.1 Å². The summed E-state index contributed by atoms with van der Waals surface area (Å²) in [6, 6.07) is 17.5. The van der Waals surface area contributed by atoms with Crippen LogP contribution in [0, 0.1) is 6.92 Å². The highest BCUT2D eigenvalue weighted by Gasteiger charge is 2.45. The number of pyridine rings is 2. The highest BCUT2D eigenvalue weighted by molar-refractivity contribution is 6.07. The summed E-state index contributed by atoms with van der Waals surface area (Å²) in [5.74, 6) is -0.150. The topological polar surface area (TPSA) is 80.9 Å². The zero-order chi connectivity index (χ0) is 19.8. The van der Waals surface area contributed by atoms with Gasteiger partial charge in [-0.3, -0.25) is 9.78 Å². The predicted molar refractivity (Wildman–Crippen MR) is 109 cm³/mol. The lowest BCUT2D eigenvalue weighted by molar-refractivity contribution is 0.0951. The number of nitrogens with zero attached hydrogens (tertiary/aromatic N) is 3. The number of hydrogen-bond acceptors (Lipinski definition) is 5. The number of hydrogen-bond donors (Lipinski definition) is 1. The molecule has 1 N–H and O–H groups in total. The number of nitrogens with one attached hydrogen (secondary N) is 1. The molecule has 1 saturated carbocycles. The lowest BCUT2D eigenvalue weighted by Gasteiger charge is -2.16. The van der Waals surface area contributed by atoms with Gasteiger partial charge in [0.25, 0.3) is 11.6 Å². The highest BCUT2D eigenvalue weighted by atomic mass is 16.5. The normalized spacial score (nSPS) is 14.7. The number of aryl methyl sites for hydroxylation is 1. The first-order chi connectivity index (χ1) is 14.2. The van der Waals surface area contributed by atoms with E-state index in [1.807, 2.05) is 61.5 Å². The van der Waals surface area contributed by atoms with Crippen LogP contribution in [0.1, 0.15) is 34.6 Å². The van der Waals surface area contributed by atoms with Crippen LogP contribution < -0.4 is 5.32 Å². The molecule has 6 nitrogen and oxygen atoms in total. The average Bonchev–Trinajstić information content (AvgIpc) is 3.49. The molecule has 6 heteroatoms. The molecule has 1 amide bonds. The molecule has 0 aliphatic heterocycles. The van der Waals surface area contributed by atoms with Gasteiger partial charge in [0, 0.05) is 29.4 Å². The van der Waals surface area contributed by atoms with Crippen LogP contribution in [0.4, 0.5) is 0 Å². The van der Waals surface area contributed by atoms with Crippen molar-refractivity contribution in [3.8, 4) is 11.3 Å². The van der Waals surface area contributed by atoms with Gasteiger partial charge >= 0.3 is 0 Å². The molecule has 144 valence electrons. The van der Waals surface area contributed by atoms with E-state index in [-0.39, 0.29) is 11.3 Å². The van der Waals surface area contributed by atoms with E-state index < -0.39 is 0 Å². The fourth-order valence-electron chi connectivity index (χ4n) is 3.73. The SMILES string of the molecule is Cc1noc2nc(-c3ccccc3)cc(C(=O)NCC3(c4ccccn4)CC3)c12. The number of rotatable bonds is 5. The minimum atomic E-state index is -0.150. The van der Waals surface area contributed by atoms with E-state index in [1.54, 1.807) is 6.20 Å². The summed E-state index contributed by atoms with van der Waals surface area (Å²) in [5.41, 5.74) is 4.14. The van der Waals surface area contributed by atoms with Gasteiger partial charge in [0.2, 0.25) is 0 Å². The zero-order valence-corrected chi connectivity index (χ0v) is 16.1. The molecule has 1 aliphatic carbocycles. The van der Waals surface area contributed by atoms with Gasteiger partial charge in [-0.15, -0.1) is 0 Å². The van der Waals surface area contributed by atoms with Crippen LogP contribution in [-0.4, -0.2) is 27.6 Å². The third-order valence-corrected chi connectivity index (χ3v) is 5.58. The molecule has 0 spiro atoms. The Kier molecular flexibility index (Phi) is 4.12. The maximum absolute atomic E-state index is 13.2. The molecular weight excluding hydrogens is 364 g/mol. The number of aromatic nitrogens is 3. The van der Waals surface area contributed by atoms with E-state index in [4.69, 9.17) is 4.52 Å². The molecule has 0 unspecified atom stereocenters. The molecule has 3 aromatic heterocycles. The molecule has 3 heterocycles. The second-order valence-electron chi connectivity index (χ2n) is 7.55. The van der Waals surface area contributed by atoms with Crippen molar-refractivity contribution in [2.24, 2.45) is 0 Å². The Morgan fingerprint density at radius 2 is 1.93 bits per heavy atom. The quantitative estimate of drug-likeness (QED) is 0.561. The number of amides is 1. The summed E-state index contributed by atoms with van der Waals surface area (Å²) in [4.78, 5) is 22.2. The van der Waals surface area contributed by atoms with Gasteiger partial charge in [-0.1, -0.05) is 41.6 Å².